The Morgan fingerprint density at radius 1 is 1.32 bits per heavy atom. The predicted octanol–water partition coefficient (Wildman–Crippen LogP) is 2.73. The largest absolute Gasteiger partial charge is 0.385 e. The molecule has 0 bridgehead atoms. The summed E-state index contributed by atoms with van der Waals surface area (Å²) in [6.45, 7) is 7.77. The van der Waals surface area contributed by atoms with Crippen LogP contribution in [0.25, 0.3) is 0 Å². The highest BCUT2D eigenvalue weighted by Gasteiger charge is 2.12. The summed E-state index contributed by atoms with van der Waals surface area (Å²) in [6.07, 6.45) is 1.45. The van der Waals surface area contributed by atoms with Crippen LogP contribution in [0.1, 0.15) is 26.3 Å². The maximum absolute atomic E-state index is 12.0. The molecule has 0 aliphatic heterocycles. The Bertz CT molecular complexity index is 533. The average Bonchev–Trinajstić information content (AvgIpc) is 2.31. The Hall–Kier alpha value is -2.28. The highest BCUT2D eigenvalue weighted by molar-refractivity contribution is 6.06. The molecule has 4 nitrogen and oxygen atoms in total. The van der Waals surface area contributed by atoms with Gasteiger partial charge in [-0.05, 0) is 39.3 Å². The molecule has 19 heavy (non-hydrogen) atoms. The van der Waals surface area contributed by atoms with Gasteiger partial charge in [0.05, 0.1) is 0 Å². The van der Waals surface area contributed by atoms with Gasteiger partial charge in [0.15, 0.2) is 0 Å². The van der Waals surface area contributed by atoms with Gasteiger partial charge in [-0.15, -0.1) is 0 Å². The van der Waals surface area contributed by atoms with Crippen molar-refractivity contribution in [3.8, 4) is 6.07 Å². The number of carbonyl (C=O) groups is 1. The van der Waals surface area contributed by atoms with Gasteiger partial charge >= 0.3 is 0 Å². The molecule has 0 unspecified atom stereocenters. The monoisotopic (exact) mass is 257 g/mol. The van der Waals surface area contributed by atoms with Gasteiger partial charge in [-0.3, -0.25) is 4.79 Å². The molecule has 1 aromatic rings. The van der Waals surface area contributed by atoms with Crippen LogP contribution < -0.4 is 10.6 Å². The number of nitriles is 1. The Balaban J connectivity index is 2.82. The fourth-order valence-electron chi connectivity index (χ4n) is 1.34. The maximum atomic E-state index is 12.0. The van der Waals surface area contributed by atoms with Gasteiger partial charge < -0.3 is 10.6 Å². The number of rotatable bonds is 3. The summed E-state index contributed by atoms with van der Waals surface area (Å²) in [6, 6.07) is 9.34. The molecule has 2 N–H and O–H groups in total. The minimum Gasteiger partial charge on any atom is -0.385 e. The van der Waals surface area contributed by atoms with E-state index in [0.29, 0.717) is 5.69 Å². The third-order valence-electron chi connectivity index (χ3n) is 2.41. The quantitative estimate of drug-likeness (QED) is 0.646. The van der Waals surface area contributed by atoms with Gasteiger partial charge in [-0.2, -0.15) is 5.26 Å². The molecule has 4 heteroatoms. The lowest BCUT2D eigenvalue weighted by atomic mass is 10.1. The molecule has 0 saturated heterocycles. The molecule has 1 aromatic carbocycles. The number of hydrogen-bond donors (Lipinski definition) is 2. The number of carbonyl (C=O) groups excluding carboxylic acids is 1. The summed E-state index contributed by atoms with van der Waals surface area (Å²) in [4.78, 5) is 12.0. The van der Waals surface area contributed by atoms with E-state index in [1.807, 2.05) is 52.0 Å². The molecule has 0 spiro atoms. The average molecular weight is 257 g/mol. The second kappa shape index (κ2) is 6.05. The predicted molar refractivity (Wildman–Crippen MR) is 76.4 cm³/mol. The molecule has 0 aromatic heterocycles. The maximum Gasteiger partial charge on any atom is 0.267 e. The Morgan fingerprint density at radius 3 is 2.47 bits per heavy atom. The topological polar surface area (TPSA) is 64.9 Å². The van der Waals surface area contributed by atoms with Gasteiger partial charge in [-0.25, -0.2) is 0 Å². The fourth-order valence-corrected chi connectivity index (χ4v) is 1.34. The number of amides is 1. The van der Waals surface area contributed by atoms with Crippen molar-refractivity contribution in [3.05, 3.63) is 41.6 Å². The number of aryl methyl sites for hydroxylation is 1. The van der Waals surface area contributed by atoms with Gasteiger partial charge in [0, 0.05) is 17.4 Å². The fraction of sp³-hybridized carbons (Fsp3) is 0.333. The van der Waals surface area contributed by atoms with Gasteiger partial charge in [0.2, 0.25) is 0 Å². The van der Waals surface area contributed by atoms with Crippen molar-refractivity contribution in [3.63, 3.8) is 0 Å². The first-order valence-electron chi connectivity index (χ1n) is 6.08. The summed E-state index contributed by atoms with van der Waals surface area (Å²) < 4.78 is 0. The van der Waals surface area contributed by atoms with Crippen LogP contribution in [0.2, 0.25) is 0 Å². The van der Waals surface area contributed by atoms with Crippen LogP contribution in [0, 0.1) is 18.3 Å². The number of nitrogens with zero attached hydrogens (tertiary/aromatic N) is 1. The van der Waals surface area contributed by atoms with Crippen molar-refractivity contribution in [1.82, 2.24) is 5.32 Å². The van der Waals surface area contributed by atoms with Crippen LogP contribution >= 0.6 is 0 Å². The molecular weight excluding hydrogens is 238 g/mol. The van der Waals surface area contributed by atoms with Crippen molar-refractivity contribution >= 4 is 11.6 Å². The number of para-hydroxylation sites is 1. The number of nitrogens with one attached hydrogen (secondary N) is 2. The first-order valence-corrected chi connectivity index (χ1v) is 6.08. The first-order chi connectivity index (χ1) is 8.83. The molecule has 0 atom stereocenters. The van der Waals surface area contributed by atoms with Crippen LogP contribution in [-0.2, 0) is 4.79 Å². The summed E-state index contributed by atoms with van der Waals surface area (Å²) in [7, 11) is 0. The summed E-state index contributed by atoms with van der Waals surface area (Å²) in [5.74, 6) is -0.409. The van der Waals surface area contributed by atoms with E-state index in [-0.39, 0.29) is 11.1 Å². The van der Waals surface area contributed by atoms with E-state index in [1.165, 1.54) is 6.20 Å². The number of hydrogen-bond acceptors (Lipinski definition) is 3. The lowest BCUT2D eigenvalue weighted by Gasteiger charge is -2.18. The first kappa shape index (κ1) is 14.8. The number of anilines is 1. The normalized spacial score (nSPS) is 11.6. The van der Waals surface area contributed by atoms with Crippen LogP contribution in [0.4, 0.5) is 5.69 Å². The van der Waals surface area contributed by atoms with Crippen molar-refractivity contribution < 1.29 is 4.79 Å². The standard InChI is InChI=1S/C15H19N3O/c1-11-7-5-6-8-13(11)18-14(19)12(9-16)10-17-15(2,3)4/h5-8,10,17H,1-4H3,(H,18,19)/b12-10-. The van der Waals surface area contributed by atoms with Crippen molar-refractivity contribution in [1.29, 1.82) is 5.26 Å². The van der Waals surface area contributed by atoms with Crippen molar-refractivity contribution in [2.45, 2.75) is 33.2 Å². The SMILES string of the molecule is Cc1ccccc1NC(=O)/C(C#N)=C\NC(C)(C)C. The molecule has 0 heterocycles. The van der Waals surface area contributed by atoms with E-state index < -0.39 is 5.91 Å². The third-order valence-corrected chi connectivity index (χ3v) is 2.41. The minimum absolute atomic E-state index is 0.0539. The molecule has 0 radical (unpaired) electrons. The summed E-state index contributed by atoms with van der Waals surface area (Å²) in [5, 5.41) is 14.8. The highest BCUT2D eigenvalue weighted by atomic mass is 16.1. The zero-order chi connectivity index (χ0) is 14.5. The van der Waals surface area contributed by atoms with Crippen molar-refractivity contribution in [2.75, 3.05) is 5.32 Å². The second-order valence-corrected chi connectivity index (χ2v) is 5.33. The van der Waals surface area contributed by atoms with Crippen LogP contribution in [-0.4, -0.2) is 11.4 Å². The van der Waals surface area contributed by atoms with Gasteiger partial charge in [0.1, 0.15) is 11.6 Å². The Labute approximate surface area is 114 Å². The molecule has 1 rings (SSSR count). The van der Waals surface area contributed by atoms with E-state index in [9.17, 15) is 4.79 Å². The zero-order valence-electron chi connectivity index (χ0n) is 11.7. The third kappa shape index (κ3) is 4.84. The number of benzene rings is 1. The lowest BCUT2D eigenvalue weighted by Crippen LogP contribution is -2.32. The van der Waals surface area contributed by atoms with Crippen LogP contribution in [0.3, 0.4) is 0 Å². The van der Waals surface area contributed by atoms with Gasteiger partial charge in [-0.1, -0.05) is 18.2 Å². The molecule has 0 fully saturated rings. The smallest absolute Gasteiger partial charge is 0.267 e. The Morgan fingerprint density at radius 2 is 1.95 bits per heavy atom. The highest BCUT2D eigenvalue weighted by Crippen LogP contribution is 2.14. The van der Waals surface area contributed by atoms with Crippen LogP contribution in [0.15, 0.2) is 36.0 Å². The lowest BCUT2D eigenvalue weighted by molar-refractivity contribution is -0.112. The second-order valence-electron chi connectivity index (χ2n) is 5.33. The zero-order valence-corrected chi connectivity index (χ0v) is 11.7. The molecule has 0 aliphatic rings. The Kier molecular flexibility index (Phi) is 4.71. The molecule has 100 valence electrons. The molecule has 0 saturated carbocycles. The molecular formula is C15H19N3O. The van der Waals surface area contributed by atoms with E-state index >= 15 is 0 Å². The minimum atomic E-state index is -0.409. The van der Waals surface area contributed by atoms with Crippen molar-refractivity contribution in [2.24, 2.45) is 0 Å². The summed E-state index contributed by atoms with van der Waals surface area (Å²) in [5.41, 5.74) is 1.53. The van der Waals surface area contributed by atoms with Crippen LogP contribution in [0.5, 0.6) is 0 Å². The van der Waals surface area contributed by atoms with E-state index in [2.05, 4.69) is 10.6 Å². The molecule has 1 amide bonds. The van der Waals surface area contributed by atoms with E-state index in [1.54, 1.807) is 6.07 Å². The van der Waals surface area contributed by atoms with Gasteiger partial charge in [0.25, 0.3) is 5.91 Å². The van der Waals surface area contributed by atoms with E-state index in [0.717, 1.165) is 5.56 Å². The van der Waals surface area contributed by atoms with E-state index in [4.69, 9.17) is 5.26 Å². The molecule has 0 aliphatic carbocycles. The summed E-state index contributed by atoms with van der Waals surface area (Å²) >= 11 is 0.